The third kappa shape index (κ3) is 3.82. The first-order chi connectivity index (χ1) is 23.3. The van der Waals surface area contributed by atoms with Crippen LogP contribution in [0.1, 0.15) is 22.3 Å². The molecule has 220 valence electrons. The van der Waals surface area contributed by atoms with Crippen molar-refractivity contribution in [2.24, 2.45) is 0 Å². The molecule has 0 saturated carbocycles. The summed E-state index contributed by atoms with van der Waals surface area (Å²) in [4.78, 5) is 12.9. The lowest BCUT2D eigenvalue weighted by Crippen LogP contribution is -2.31. The average Bonchev–Trinajstić information content (AvgIpc) is 3.72. The standard InChI is InChI=1S/C43H26N2OS/c1-3-12-27(13-4-1)36-26-37(45-42(44-36)28-14-5-2-6-15-28)30-16-11-19-34-41(30)31-25-38-29(22-23-46-38)24-35(31)43(34)32-17-7-9-20-39(32)47-40-21-10-8-18-33(40)43/h1-26H. The van der Waals surface area contributed by atoms with Crippen molar-refractivity contribution in [2.45, 2.75) is 15.2 Å². The van der Waals surface area contributed by atoms with Crippen molar-refractivity contribution in [1.82, 2.24) is 9.97 Å². The van der Waals surface area contributed by atoms with Crippen LogP contribution in [-0.4, -0.2) is 9.97 Å². The molecule has 10 rings (SSSR count). The predicted molar refractivity (Wildman–Crippen MR) is 190 cm³/mol. The van der Waals surface area contributed by atoms with Gasteiger partial charge in [0.25, 0.3) is 0 Å². The second kappa shape index (κ2) is 10.1. The molecule has 2 aliphatic rings. The highest BCUT2D eigenvalue weighted by Crippen LogP contribution is 2.63. The molecule has 0 saturated heterocycles. The van der Waals surface area contributed by atoms with Crippen molar-refractivity contribution in [2.75, 3.05) is 0 Å². The molecule has 4 heteroatoms. The Morgan fingerprint density at radius 1 is 0.489 bits per heavy atom. The summed E-state index contributed by atoms with van der Waals surface area (Å²) in [6.07, 6.45) is 1.79. The zero-order valence-corrected chi connectivity index (χ0v) is 26.0. The number of hydrogen-bond acceptors (Lipinski definition) is 4. The van der Waals surface area contributed by atoms with Gasteiger partial charge in [0.15, 0.2) is 5.82 Å². The Bertz CT molecular complexity index is 2400. The van der Waals surface area contributed by atoms with Gasteiger partial charge in [-0.15, -0.1) is 0 Å². The Hall–Kier alpha value is -5.71. The van der Waals surface area contributed by atoms with E-state index in [0.29, 0.717) is 5.82 Å². The van der Waals surface area contributed by atoms with E-state index in [0.717, 1.165) is 39.0 Å². The van der Waals surface area contributed by atoms with Gasteiger partial charge in [0.2, 0.25) is 0 Å². The molecule has 0 atom stereocenters. The highest BCUT2D eigenvalue weighted by Gasteiger charge is 2.51. The summed E-state index contributed by atoms with van der Waals surface area (Å²) >= 11 is 1.86. The molecule has 3 heterocycles. The summed E-state index contributed by atoms with van der Waals surface area (Å²) in [6.45, 7) is 0. The van der Waals surface area contributed by atoms with Crippen LogP contribution in [0.4, 0.5) is 0 Å². The molecule has 1 aliphatic carbocycles. The number of aromatic nitrogens is 2. The molecule has 6 aromatic carbocycles. The van der Waals surface area contributed by atoms with E-state index in [1.165, 1.54) is 43.2 Å². The smallest absolute Gasteiger partial charge is 0.160 e. The van der Waals surface area contributed by atoms with Crippen LogP contribution in [0.2, 0.25) is 0 Å². The molecule has 47 heavy (non-hydrogen) atoms. The van der Waals surface area contributed by atoms with Gasteiger partial charge in [0, 0.05) is 31.9 Å². The van der Waals surface area contributed by atoms with Crippen LogP contribution in [0, 0.1) is 0 Å². The number of hydrogen-bond donors (Lipinski definition) is 0. The first kappa shape index (κ1) is 26.5. The molecule has 0 amide bonds. The van der Waals surface area contributed by atoms with Crippen molar-refractivity contribution in [1.29, 1.82) is 0 Å². The van der Waals surface area contributed by atoms with Gasteiger partial charge < -0.3 is 4.42 Å². The summed E-state index contributed by atoms with van der Waals surface area (Å²) in [5.41, 5.74) is 12.8. The van der Waals surface area contributed by atoms with Crippen LogP contribution in [0.15, 0.2) is 172 Å². The van der Waals surface area contributed by atoms with E-state index >= 15 is 0 Å². The molecule has 1 aliphatic heterocycles. The number of furan rings is 1. The van der Waals surface area contributed by atoms with E-state index in [1.807, 2.05) is 36.0 Å². The Balaban J connectivity index is 1.33. The topological polar surface area (TPSA) is 38.9 Å². The summed E-state index contributed by atoms with van der Waals surface area (Å²) < 4.78 is 6.04. The maximum Gasteiger partial charge on any atom is 0.160 e. The number of nitrogens with zero attached hydrogens (tertiary/aromatic N) is 2. The van der Waals surface area contributed by atoms with E-state index in [-0.39, 0.29) is 0 Å². The maximum atomic E-state index is 6.04. The molecule has 1 spiro atoms. The van der Waals surface area contributed by atoms with Gasteiger partial charge in [0.05, 0.1) is 23.1 Å². The molecule has 0 unspecified atom stereocenters. The summed E-state index contributed by atoms with van der Waals surface area (Å²) in [6, 6.07) is 54.0. The monoisotopic (exact) mass is 618 g/mol. The highest BCUT2D eigenvalue weighted by molar-refractivity contribution is 7.99. The van der Waals surface area contributed by atoms with Crippen LogP contribution < -0.4 is 0 Å². The van der Waals surface area contributed by atoms with Crippen molar-refractivity contribution in [3.05, 3.63) is 180 Å². The third-order valence-corrected chi connectivity index (χ3v) is 10.8. The lowest BCUT2D eigenvalue weighted by atomic mass is 9.67. The average molecular weight is 619 g/mol. The van der Waals surface area contributed by atoms with Gasteiger partial charge >= 0.3 is 0 Å². The Morgan fingerprint density at radius 3 is 1.87 bits per heavy atom. The van der Waals surface area contributed by atoms with Crippen molar-refractivity contribution >= 4 is 22.7 Å². The van der Waals surface area contributed by atoms with Gasteiger partial charge in [-0.05, 0) is 69.8 Å². The molecule has 0 fully saturated rings. The van der Waals surface area contributed by atoms with Gasteiger partial charge in [-0.1, -0.05) is 127 Å². The second-order valence-corrected chi connectivity index (χ2v) is 13.2. The minimum absolute atomic E-state index is 0.498. The van der Waals surface area contributed by atoms with Gasteiger partial charge in [-0.25, -0.2) is 9.97 Å². The van der Waals surface area contributed by atoms with E-state index in [4.69, 9.17) is 14.4 Å². The van der Waals surface area contributed by atoms with Gasteiger partial charge in [-0.3, -0.25) is 0 Å². The summed E-state index contributed by atoms with van der Waals surface area (Å²) in [5.74, 6) is 0.707. The molecule has 0 radical (unpaired) electrons. The normalized spacial score (nSPS) is 13.6. The molecule has 0 N–H and O–H groups in total. The van der Waals surface area contributed by atoms with Crippen LogP contribution in [0.5, 0.6) is 0 Å². The third-order valence-electron chi connectivity index (χ3n) is 9.64. The molecule has 8 aromatic rings. The van der Waals surface area contributed by atoms with E-state index < -0.39 is 5.41 Å². The number of fused-ring (bicyclic) bond motifs is 10. The fourth-order valence-corrected chi connectivity index (χ4v) is 8.87. The first-order valence-electron chi connectivity index (χ1n) is 15.8. The predicted octanol–water partition coefficient (Wildman–Crippen LogP) is 11.1. The molecule has 2 aromatic heterocycles. The molecular weight excluding hydrogens is 593 g/mol. The summed E-state index contributed by atoms with van der Waals surface area (Å²) in [7, 11) is 0. The van der Waals surface area contributed by atoms with E-state index in [2.05, 4.69) is 127 Å². The fourth-order valence-electron chi connectivity index (χ4n) is 7.67. The Morgan fingerprint density at radius 2 is 1.13 bits per heavy atom. The fraction of sp³-hybridized carbons (Fsp3) is 0.0233. The Labute approximate surface area is 276 Å². The SMILES string of the molecule is c1ccc(-c2cc(-c3cccc4c3-c3cc5occc5cc3C43c4ccccc4Sc4ccccc43)nc(-c3ccccc3)n2)cc1. The highest BCUT2D eigenvalue weighted by atomic mass is 32.2. The van der Waals surface area contributed by atoms with Crippen molar-refractivity contribution in [3.8, 4) is 45.0 Å². The van der Waals surface area contributed by atoms with Crippen molar-refractivity contribution < 1.29 is 4.42 Å². The zero-order valence-electron chi connectivity index (χ0n) is 25.2. The zero-order chi connectivity index (χ0) is 31.0. The van der Waals surface area contributed by atoms with Gasteiger partial charge in [-0.2, -0.15) is 0 Å². The van der Waals surface area contributed by atoms with E-state index in [9.17, 15) is 0 Å². The largest absolute Gasteiger partial charge is 0.464 e. The molecule has 0 bridgehead atoms. The lowest BCUT2D eigenvalue weighted by molar-refractivity contribution is 0.616. The minimum atomic E-state index is -0.498. The second-order valence-electron chi connectivity index (χ2n) is 12.1. The van der Waals surface area contributed by atoms with Crippen molar-refractivity contribution in [3.63, 3.8) is 0 Å². The Kier molecular flexibility index (Phi) is 5.72. The van der Waals surface area contributed by atoms with Gasteiger partial charge in [0.1, 0.15) is 5.58 Å². The lowest BCUT2D eigenvalue weighted by Gasteiger charge is -2.39. The van der Waals surface area contributed by atoms with Crippen LogP contribution in [0.3, 0.4) is 0 Å². The number of benzene rings is 6. The number of rotatable bonds is 3. The van der Waals surface area contributed by atoms with Crippen LogP contribution in [0.25, 0.3) is 56.0 Å². The van der Waals surface area contributed by atoms with Crippen LogP contribution >= 0.6 is 11.8 Å². The molecule has 3 nitrogen and oxygen atoms in total. The summed E-state index contributed by atoms with van der Waals surface area (Å²) in [5, 5.41) is 1.10. The first-order valence-corrected chi connectivity index (χ1v) is 16.6. The molecular formula is C43H26N2OS. The maximum absolute atomic E-state index is 6.04. The van der Waals surface area contributed by atoms with E-state index in [1.54, 1.807) is 6.26 Å². The minimum Gasteiger partial charge on any atom is -0.464 e. The van der Waals surface area contributed by atoms with Crippen LogP contribution in [-0.2, 0) is 5.41 Å². The quantitative estimate of drug-likeness (QED) is 0.197.